The van der Waals surface area contributed by atoms with Crippen LogP contribution in [0.15, 0.2) is 24.3 Å². The lowest BCUT2D eigenvalue weighted by Gasteiger charge is -2.28. The summed E-state index contributed by atoms with van der Waals surface area (Å²) in [5.41, 5.74) is 1.63. The maximum Gasteiger partial charge on any atom is 0.241 e. The molecule has 24 heavy (non-hydrogen) atoms. The largest absolute Gasteiger partial charge is 0.351 e. The van der Waals surface area contributed by atoms with Crippen LogP contribution in [-0.4, -0.2) is 33.2 Å². The lowest BCUT2D eigenvalue weighted by molar-refractivity contribution is -0.121. The number of hydrogen-bond acceptors (Lipinski definition) is 3. The van der Waals surface area contributed by atoms with Gasteiger partial charge in [-0.15, -0.1) is 0 Å². The second-order valence-electron chi connectivity index (χ2n) is 6.87. The number of rotatable bonds is 8. The number of carbonyl (C=O) groups is 1. The van der Waals surface area contributed by atoms with E-state index in [0.29, 0.717) is 5.69 Å². The van der Waals surface area contributed by atoms with Gasteiger partial charge >= 0.3 is 0 Å². The Balaban J connectivity index is 2.96. The van der Waals surface area contributed by atoms with E-state index in [9.17, 15) is 13.2 Å². The highest BCUT2D eigenvalue weighted by molar-refractivity contribution is 7.92. The van der Waals surface area contributed by atoms with Gasteiger partial charge in [-0.1, -0.05) is 46.8 Å². The lowest BCUT2D eigenvalue weighted by Crippen LogP contribution is -2.47. The third-order valence-electron chi connectivity index (χ3n) is 4.08. The molecule has 0 aliphatic rings. The zero-order valence-electron chi connectivity index (χ0n) is 15.5. The van der Waals surface area contributed by atoms with Crippen LogP contribution < -0.4 is 9.62 Å². The SMILES string of the molecule is CCc1ccc(N(CC(=O)NC(C(C)C)C(C)C)S(C)(=O)=O)cc1. The summed E-state index contributed by atoms with van der Waals surface area (Å²) in [6, 6.07) is 7.28. The molecule has 0 aliphatic heterocycles. The summed E-state index contributed by atoms with van der Waals surface area (Å²) in [6.07, 6.45) is 2.00. The topological polar surface area (TPSA) is 66.5 Å². The Hall–Kier alpha value is -1.56. The van der Waals surface area contributed by atoms with Crippen molar-refractivity contribution in [2.24, 2.45) is 11.8 Å². The van der Waals surface area contributed by atoms with Crippen LogP contribution in [0.3, 0.4) is 0 Å². The smallest absolute Gasteiger partial charge is 0.241 e. The van der Waals surface area contributed by atoms with Gasteiger partial charge in [0.1, 0.15) is 6.54 Å². The molecular formula is C18H30N2O3S. The van der Waals surface area contributed by atoms with Gasteiger partial charge in [-0.2, -0.15) is 0 Å². The summed E-state index contributed by atoms with van der Waals surface area (Å²) in [6.45, 7) is 10.0. The fourth-order valence-electron chi connectivity index (χ4n) is 2.76. The first-order chi connectivity index (χ1) is 11.1. The number of sulfonamides is 1. The zero-order chi connectivity index (χ0) is 18.5. The van der Waals surface area contributed by atoms with Gasteiger partial charge in [-0.3, -0.25) is 9.10 Å². The Morgan fingerprint density at radius 1 is 1.08 bits per heavy atom. The molecule has 6 heteroatoms. The standard InChI is InChI=1S/C18H30N2O3S/c1-7-15-8-10-16(11-9-15)20(24(6,22)23)12-17(21)19-18(13(2)3)14(4)5/h8-11,13-14,18H,7,12H2,1-6H3,(H,19,21). The molecule has 0 aliphatic carbocycles. The van der Waals surface area contributed by atoms with Crippen LogP contribution in [-0.2, 0) is 21.2 Å². The summed E-state index contributed by atoms with van der Waals surface area (Å²) < 4.78 is 25.4. The molecule has 0 unspecified atom stereocenters. The van der Waals surface area contributed by atoms with E-state index < -0.39 is 10.0 Å². The van der Waals surface area contributed by atoms with Crippen LogP contribution in [0.1, 0.15) is 40.2 Å². The van der Waals surface area contributed by atoms with Crippen LogP contribution in [0, 0.1) is 11.8 Å². The van der Waals surface area contributed by atoms with Crippen LogP contribution in [0.5, 0.6) is 0 Å². The van der Waals surface area contributed by atoms with Crippen LogP contribution in [0.4, 0.5) is 5.69 Å². The Bertz CT molecular complexity index is 629. The molecule has 0 saturated heterocycles. The van der Waals surface area contributed by atoms with Gasteiger partial charge in [0.2, 0.25) is 15.9 Å². The fourth-order valence-corrected chi connectivity index (χ4v) is 3.62. The van der Waals surface area contributed by atoms with Crippen LogP contribution in [0.2, 0.25) is 0 Å². The summed E-state index contributed by atoms with van der Waals surface area (Å²) in [7, 11) is -3.54. The van der Waals surface area contributed by atoms with Crippen LogP contribution >= 0.6 is 0 Å². The van der Waals surface area contributed by atoms with Crippen molar-refractivity contribution in [1.29, 1.82) is 0 Å². The van der Waals surface area contributed by atoms with Gasteiger partial charge in [0.15, 0.2) is 0 Å². The maximum atomic E-state index is 12.4. The van der Waals surface area contributed by atoms with Crippen molar-refractivity contribution in [3.05, 3.63) is 29.8 Å². The summed E-state index contributed by atoms with van der Waals surface area (Å²) >= 11 is 0. The minimum absolute atomic E-state index is 0.0152. The minimum atomic E-state index is -3.54. The first-order valence-electron chi connectivity index (χ1n) is 8.42. The number of hydrogen-bond donors (Lipinski definition) is 1. The number of benzene rings is 1. The van der Waals surface area contributed by atoms with Gasteiger partial charge in [-0.25, -0.2) is 8.42 Å². The minimum Gasteiger partial charge on any atom is -0.351 e. The van der Waals surface area contributed by atoms with E-state index in [0.717, 1.165) is 22.5 Å². The number of amides is 1. The summed E-state index contributed by atoms with van der Waals surface area (Å²) in [5.74, 6) is 0.279. The average molecular weight is 355 g/mol. The Labute approximate surface area is 146 Å². The fraction of sp³-hybridized carbons (Fsp3) is 0.611. The van der Waals surface area contributed by atoms with Crippen molar-refractivity contribution in [2.45, 2.75) is 47.1 Å². The molecule has 0 bridgehead atoms. The quantitative estimate of drug-likeness (QED) is 0.780. The zero-order valence-corrected chi connectivity index (χ0v) is 16.4. The van der Waals surface area contributed by atoms with E-state index in [1.807, 2.05) is 46.8 Å². The molecule has 1 rings (SSSR count). The van der Waals surface area contributed by atoms with Gasteiger partial charge < -0.3 is 5.32 Å². The van der Waals surface area contributed by atoms with Gasteiger partial charge in [0.25, 0.3) is 0 Å². The summed E-state index contributed by atoms with van der Waals surface area (Å²) in [4.78, 5) is 12.4. The molecule has 136 valence electrons. The highest BCUT2D eigenvalue weighted by Crippen LogP contribution is 2.19. The Kier molecular flexibility index (Phi) is 7.27. The molecule has 0 heterocycles. The summed E-state index contributed by atoms with van der Waals surface area (Å²) in [5, 5.41) is 2.97. The second kappa shape index (κ2) is 8.51. The van der Waals surface area contributed by atoms with Crippen molar-refractivity contribution < 1.29 is 13.2 Å². The number of anilines is 1. The van der Waals surface area contributed by atoms with E-state index in [-0.39, 0.29) is 30.3 Å². The van der Waals surface area contributed by atoms with E-state index in [1.54, 1.807) is 12.1 Å². The molecule has 0 fully saturated rings. The van der Waals surface area contributed by atoms with E-state index in [4.69, 9.17) is 0 Å². The van der Waals surface area contributed by atoms with Crippen LogP contribution in [0.25, 0.3) is 0 Å². The van der Waals surface area contributed by atoms with Gasteiger partial charge in [0, 0.05) is 6.04 Å². The van der Waals surface area contributed by atoms with E-state index >= 15 is 0 Å². The van der Waals surface area contributed by atoms with Crippen molar-refractivity contribution in [3.8, 4) is 0 Å². The normalized spacial score (nSPS) is 12.0. The highest BCUT2D eigenvalue weighted by Gasteiger charge is 2.24. The van der Waals surface area contributed by atoms with E-state index in [2.05, 4.69) is 5.32 Å². The molecule has 0 radical (unpaired) electrons. The van der Waals surface area contributed by atoms with Gasteiger partial charge in [-0.05, 0) is 36.0 Å². The Morgan fingerprint density at radius 3 is 1.96 bits per heavy atom. The van der Waals surface area contributed by atoms with E-state index in [1.165, 1.54) is 0 Å². The molecule has 1 aromatic rings. The first-order valence-corrected chi connectivity index (χ1v) is 10.3. The molecular weight excluding hydrogens is 324 g/mol. The van der Waals surface area contributed by atoms with Crippen molar-refractivity contribution in [2.75, 3.05) is 17.1 Å². The highest BCUT2D eigenvalue weighted by atomic mass is 32.2. The van der Waals surface area contributed by atoms with Gasteiger partial charge in [0.05, 0.1) is 11.9 Å². The third-order valence-corrected chi connectivity index (χ3v) is 5.22. The monoisotopic (exact) mass is 354 g/mol. The molecule has 0 saturated carbocycles. The number of nitrogens with one attached hydrogen (secondary N) is 1. The molecule has 1 N–H and O–H groups in total. The average Bonchev–Trinajstić information content (AvgIpc) is 2.48. The van der Waals surface area contributed by atoms with Crippen molar-refractivity contribution >= 4 is 21.6 Å². The molecule has 0 spiro atoms. The molecule has 1 amide bonds. The second-order valence-corrected chi connectivity index (χ2v) is 8.78. The first kappa shape index (κ1) is 20.5. The molecule has 0 atom stereocenters. The van der Waals surface area contributed by atoms with Crippen molar-refractivity contribution in [3.63, 3.8) is 0 Å². The third kappa shape index (κ3) is 5.82. The molecule has 0 aromatic heterocycles. The molecule has 1 aromatic carbocycles. The number of nitrogens with zero attached hydrogens (tertiary/aromatic N) is 1. The van der Waals surface area contributed by atoms with Crippen molar-refractivity contribution in [1.82, 2.24) is 5.32 Å². The number of aryl methyl sites for hydroxylation is 1. The maximum absolute atomic E-state index is 12.4. The number of carbonyl (C=O) groups excluding carboxylic acids is 1. The Morgan fingerprint density at radius 2 is 1.58 bits per heavy atom. The molecule has 5 nitrogen and oxygen atoms in total. The predicted molar refractivity (Wildman–Crippen MR) is 99.6 cm³/mol. The predicted octanol–water partition coefficient (Wildman–Crippen LogP) is 2.81. The lowest BCUT2D eigenvalue weighted by atomic mass is 9.93.